The van der Waals surface area contributed by atoms with Gasteiger partial charge in [0.15, 0.2) is 0 Å². The van der Waals surface area contributed by atoms with Crippen LogP contribution in [-0.2, 0) is 19.3 Å². The van der Waals surface area contributed by atoms with Crippen molar-refractivity contribution >= 4 is 0 Å². The molecule has 3 rings (SSSR count). The summed E-state index contributed by atoms with van der Waals surface area (Å²) in [5.41, 5.74) is 5.83. The molecule has 0 bridgehead atoms. The van der Waals surface area contributed by atoms with Gasteiger partial charge in [0.2, 0.25) is 0 Å². The number of benzene rings is 2. The molecule has 133 valence electrons. The number of rotatable bonds is 8. The zero-order chi connectivity index (χ0) is 17.9. The van der Waals surface area contributed by atoms with Crippen molar-refractivity contribution in [2.75, 3.05) is 14.1 Å². The molecule has 1 radical (unpaired) electrons. The van der Waals surface area contributed by atoms with Gasteiger partial charge in [-0.3, -0.25) is 0 Å². The van der Waals surface area contributed by atoms with Crippen molar-refractivity contribution in [3.8, 4) is 0 Å². The van der Waals surface area contributed by atoms with Gasteiger partial charge in [0, 0.05) is 5.54 Å². The second kappa shape index (κ2) is 7.74. The van der Waals surface area contributed by atoms with E-state index < -0.39 is 0 Å². The molecule has 1 fully saturated rings. The van der Waals surface area contributed by atoms with Crippen LogP contribution in [0, 0.1) is 12.8 Å². The molecule has 2 aromatic carbocycles. The predicted octanol–water partition coefficient (Wildman–Crippen LogP) is 5.32. The zero-order valence-corrected chi connectivity index (χ0v) is 16.1. The fourth-order valence-electron chi connectivity index (χ4n) is 4.29. The maximum absolute atomic E-state index is 4.28. The molecule has 2 aromatic rings. The van der Waals surface area contributed by atoms with Crippen molar-refractivity contribution < 1.29 is 0 Å². The van der Waals surface area contributed by atoms with E-state index in [1.165, 1.54) is 47.9 Å². The molecule has 1 nitrogen and oxygen atoms in total. The summed E-state index contributed by atoms with van der Waals surface area (Å²) in [6, 6.07) is 17.7. The molecule has 1 atom stereocenters. The fraction of sp³-hybridized carbons (Fsp3) is 0.458. The van der Waals surface area contributed by atoms with Crippen LogP contribution < -0.4 is 0 Å². The Bertz CT molecular complexity index is 695. The first-order chi connectivity index (χ1) is 12.1. The summed E-state index contributed by atoms with van der Waals surface area (Å²) in [4.78, 5) is 2.50. The van der Waals surface area contributed by atoms with Crippen molar-refractivity contribution in [1.82, 2.24) is 4.90 Å². The highest BCUT2D eigenvalue weighted by molar-refractivity contribution is 5.35. The van der Waals surface area contributed by atoms with Gasteiger partial charge < -0.3 is 4.90 Å². The number of nitrogens with zero attached hydrogens (tertiary/aromatic N) is 1. The molecule has 1 aliphatic rings. The molecule has 0 saturated heterocycles. The van der Waals surface area contributed by atoms with Gasteiger partial charge in [-0.1, -0.05) is 61.9 Å². The van der Waals surface area contributed by atoms with Gasteiger partial charge in [-0.05, 0) is 81.3 Å². The first kappa shape index (κ1) is 18.2. The predicted molar refractivity (Wildman–Crippen MR) is 108 cm³/mol. The third kappa shape index (κ3) is 3.98. The van der Waals surface area contributed by atoms with Gasteiger partial charge in [0.1, 0.15) is 0 Å². The van der Waals surface area contributed by atoms with Crippen LogP contribution in [0.2, 0.25) is 0 Å². The number of hydrogen-bond donors (Lipinski definition) is 0. The summed E-state index contributed by atoms with van der Waals surface area (Å²) in [7, 11) is 4.54. The molecular weight excluding hydrogens is 302 g/mol. The van der Waals surface area contributed by atoms with Gasteiger partial charge in [-0.2, -0.15) is 0 Å². The fourth-order valence-corrected chi connectivity index (χ4v) is 4.29. The lowest BCUT2D eigenvalue weighted by Crippen LogP contribution is -2.50. The van der Waals surface area contributed by atoms with Crippen LogP contribution in [0.4, 0.5) is 0 Å². The number of likely N-dealkylation sites (N-methyl/N-ethyl adjacent to an activating group) is 1. The Morgan fingerprint density at radius 1 is 0.920 bits per heavy atom. The van der Waals surface area contributed by atoms with E-state index in [1.54, 1.807) is 0 Å². The maximum Gasteiger partial charge on any atom is 0.0312 e. The van der Waals surface area contributed by atoms with Crippen LogP contribution in [-0.4, -0.2) is 24.5 Å². The smallest absolute Gasteiger partial charge is 0.0312 e. The summed E-state index contributed by atoms with van der Waals surface area (Å²) in [5, 5.41) is 0. The first-order valence-electron chi connectivity index (χ1n) is 9.71. The Labute approximate surface area is 154 Å². The molecule has 0 N–H and O–H groups in total. The van der Waals surface area contributed by atoms with E-state index in [4.69, 9.17) is 0 Å². The molecule has 0 aromatic heterocycles. The normalized spacial score (nSPS) is 16.8. The number of hydrogen-bond acceptors (Lipinski definition) is 1. The highest BCUT2D eigenvalue weighted by Crippen LogP contribution is 2.46. The summed E-state index contributed by atoms with van der Waals surface area (Å²) < 4.78 is 0. The van der Waals surface area contributed by atoms with E-state index >= 15 is 0 Å². The van der Waals surface area contributed by atoms with Crippen LogP contribution >= 0.6 is 0 Å². The van der Waals surface area contributed by atoms with Crippen LogP contribution in [0.5, 0.6) is 0 Å². The van der Waals surface area contributed by atoms with Crippen LogP contribution in [0.1, 0.15) is 48.4 Å². The molecule has 1 unspecified atom stereocenters. The van der Waals surface area contributed by atoms with Crippen molar-refractivity contribution in [1.29, 1.82) is 0 Å². The van der Waals surface area contributed by atoms with E-state index in [1.807, 2.05) is 0 Å². The van der Waals surface area contributed by atoms with Gasteiger partial charge in [-0.25, -0.2) is 0 Å². The minimum Gasteiger partial charge on any atom is -0.303 e. The van der Waals surface area contributed by atoms with Crippen LogP contribution in [0.15, 0.2) is 48.5 Å². The molecule has 1 aliphatic carbocycles. The van der Waals surface area contributed by atoms with Crippen molar-refractivity contribution in [2.45, 2.75) is 51.0 Å². The molecule has 0 spiro atoms. The molecule has 25 heavy (non-hydrogen) atoms. The van der Waals surface area contributed by atoms with Gasteiger partial charge in [0.25, 0.3) is 0 Å². The van der Waals surface area contributed by atoms with Gasteiger partial charge in [0.05, 0.1) is 0 Å². The molecule has 0 heterocycles. The minimum atomic E-state index is 0.192. The topological polar surface area (TPSA) is 3.24 Å². The summed E-state index contributed by atoms with van der Waals surface area (Å²) >= 11 is 0. The van der Waals surface area contributed by atoms with E-state index in [9.17, 15) is 0 Å². The second-order valence-corrected chi connectivity index (χ2v) is 7.91. The van der Waals surface area contributed by atoms with Crippen LogP contribution in [0.25, 0.3) is 0 Å². The van der Waals surface area contributed by atoms with E-state index in [2.05, 4.69) is 81.4 Å². The average molecular weight is 335 g/mol. The van der Waals surface area contributed by atoms with Crippen molar-refractivity contribution in [3.05, 3.63) is 77.7 Å². The van der Waals surface area contributed by atoms with E-state index in [0.717, 1.165) is 18.8 Å². The molecule has 0 aliphatic heterocycles. The summed E-state index contributed by atoms with van der Waals surface area (Å²) in [5.74, 6) is 0.789. The monoisotopic (exact) mass is 334 g/mol. The lowest BCUT2D eigenvalue weighted by molar-refractivity contribution is 0.121. The van der Waals surface area contributed by atoms with Gasteiger partial charge >= 0.3 is 0 Å². The quantitative estimate of drug-likeness (QED) is 0.632. The van der Waals surface area contributed by atoms with Crippen molar-refractivity contribution in [2.24, 2.45) is 5.92 Å². The van der Waals surface area contributed by atoms with E-state index in [-0.39, 0.29) is 5.54 Å². The Hall–Kier alpha value is -1.60. The zero-order valence-electron chi connectivity index (χ0n) is 16.1. The molecular formula is C24H32N. The van der Waals surface area contributed by atoms with E-state index in [0.29, 0.717) is 0 Å². The van der Waals surface area contributed by atoms with Crippen LogP contribution in [0.3, 0.4) is 0 Å². The Morgan fingerprint density at radius 2 is 1.48 bits per heavy atom. The molecule has 0 amide bonds. The minimum absolute atomic E-state index is 0.192. The molecule has 1 saturated carbocycles. The highest BCUT2D eigenvalue weighted by atomic mass is 15.2. The standard InChI is InChI=1S/C24H32N/c1-5-10-20-12-8-9-14-22(20)18-24(25(3)4,23-15-16-23)17-21-13-7-6-11-19(21)2/h6-9,11-14,23H,2,5,10,15-18H2,1,3-4H3. The lowest BCUT2D eigenvalue weighted by Gasteiger charge is -2.42. The lowest BCUT2D eigenvalue weighted by atomic mass is 9.77. The number of aryl methyl sites for hydroxylation is 1. The first-order valence-corrected chi connectivity index (χ1v) is 9.71. The largest absolute Gasteiger partial charge is 0.303 e. The SMILES string of the molecule is [CH2]c1ccccc1CC(Cc1ccccc1CCC)(C1CC1)N(C)C. The average Bonchev–Trinajstić information content (AvgIpc) is 3.43. The Balaban J connectivity index is 1.97. The summed E-state index contributed by atoms with van der Waals surface area (Å²) in [6.07, 6.45) is 7.31. The Kier molecular flexibility index (Phi) is 5.64. The third-order valence-electron chi connectivity index (χ3n) is 5.98. The Morgan fingerprint density at radius 3 is 2.04 bits per heavy atom. The third-order valence-corrected chi connectivity index (χ3v) is 5.98. The summed E-state index contributed by atoms with van der Waals surface area (Å²) in [6.45, 7) is 6.55. The van der Waals surface area contributed by atoms with Gasteiger partial charge in [-0.15, -0.1) is 0 Å². The second-order valence-electron chi connectivity index (χ2n) is 7.91. The van der Waals surface area contributed by atoms with Crippen molar-refractivity contribution in [3.63, 3.8) is 0 Å². The maximum atomic E-state index is 4.28. The highest BCUT2D eigenvalue weighted by Gasteiger charge is 2.47. The molecule has 1 heteroatoms.